The highest BCUT2D eigenvalue weighted by molar-refractivity contribution is 6.33. The summed E-state index contributed by atoms with van der Waals surface area (Å²) in [7, 11) is 0. The molecule has 1 heterocycles. The number of hydrogen-bond acceptors (Lipinski definition) is 3. The third-order valence-corrected chi connectivity index (χ3v) is 2.31. The number of aromatic nitrogens is 2. The zero-order chi connectivity index (χ0) is 10.7. The zero-order valence-electron chi connectivity index (χ0n) is 7.72. The third kappa shape index (κ3) is 2.02. The molecule has 2 rings (SSSR count). The van der Waals surface area contributed by atoms with Gasteiger partial charge in [0.05, 0.1) is 16.9 Å². The maximum atomic E-state index is 10.6. The quantitative estimate of drug-likeness (QED) is 0.728. The highest BCUT2D eigenvalue weighted by Crippen LogP contribution is 2.22. The summed E-state index contributed by atoms with van der Waals surface area (Å²) < 4.78 is 0. The molecule has 0 amide bonds. The van der Waals surface area contributed by atoms with E-state index < -0.39 is 0 Å². The molecule has 4 heteroatoms. The first-order chi connectivity index (χ1) is 7.31. The summed E-state index contributed by atoms with van der Waals surface area (Å²) in [5.41, 5.74) is 2.06. The van der Waals surface area contributed by atoms with E-state index in [-0.39, 0.29) is 0 Å². The highest BCUT2D eigenvalue weighted by atomic mass is 35.5. The monoisotopic (exact) mass is 218 g/mol. The molecule has 74 valence electrons. The molecule has 2 aromatic rings. The molecule has 3 nitrogen and oxygen atoms in total. The van der Waals surface area contributed by atoms with Crippen molar-refractivity contribution in [3.8, 4) is 11.3 Å². The molecule has 15 heavy (non-hydrogen) atoms. The summed E-state index contributed by atoms with van der Waals surface area (Å²) in [4.78, 5) is 18.7. The minimum absolute atomic E-state index is 0.424. The van der Waals surface area contributed by atoms with Gasteiger partial charge in [-0.05, 0) is 12.1 Å². The summed E-state index contributed by atoms with van der Waals surface area (Å²) >= 11 is 5.90. The van der Waals surface area contributed by atoms with E-state index in [1.807, 2.05) is 0 Å². The Morgan fingerprint density at radius 1 is 1.27 bits per heavy atom. The maximum Gasteiger partial charge on any atom is 0.151 e. The maximum absolute atomic E-state index is 10.6. The standard InChI is InChI=1S/C11H7ClN2O/c12-10-5-8(1-2-9(10)7-15)11-6-13-3-4-14-11/h1-7H. The predicted octanol–water partition coefficient (Wildman–Crippen LogP) is 2.61. The van der Waals surface area contributed by atoms with Gasteiger partial charge < -0.3 is 0 Å². The van der Waals surface area contributed by atoms with Crippen LogP contribution in [0.5, 0.6) is 0 Å². The van der Waals surface area contributed by atoms with Gasteiger partial charge >= 0.3 is 0 Å². The third-order valence-electron chi connectivity index (χ3n) is 1.99. The van der Waals surface area contributed by atoms with Gasteiger partial charge in [0.25, 0.3) is 0 Å². The summed E-state index contributed by atoms with van der Waals surface area (Å²) in [5, 5.41) is 0.424. The van der Waals surface area contributed by atoms with Crippen LogP contribution in [0.1, 0.15) is 10.4 Å². The summed E-state index contributed by atoms with van der Waals surface area (Å²) in [6.07, 6.45) is 5.58. The Bertz CT molecular complexity index is 485. The molecule has 0 aliphatic heterocycles. The second-order valence-electron chi connectivity index (χ2n) is 2.94. The lowest BCUT2D eigenvalue weighted by Crippen LogP contribution is -1.87. The fraction of sp³-hybridized carbons (Fsp3) is 0. The number of halogens is 1. The molecule has 0 aliphatic rings. The predicted molar refractivity (Wildman–Crippen MR) is 57.9 cm³/mol. The molecule has 0 aliphatic carbocycles. The van der Waals surface area contributed by atoms with Gasteiger partial charge in [-0.2, -0.15) is 0 Å². The van der Waals surface area contributed by atoms with Crippen LogP contribution in [0.4, 0.5) is 0 Å². The van der Waals surface area contributed by atoms with Crippen molar-refractivity contribution in [2.24, 2.45) is 0 Å². The van der Waals surface area contributed by atoms with Crippen molar-refractivity contribution in [2.45, 2.75) is 0 Å². The van der Waals surface area contributed by atoms with Gasteiger partial charge in [0.1, 0.15) is 0 Å². The molecule has 0 bridgehead atoms. The molecule has 1 aromatic heterocycles. The van der Waals surface area contributed by atoms with Crippen molar-refractivity contribution in [1.82, 2.24) is 9.97 Å². The molecule has 0 atom stereocenters. The zero-order valence-corrected chi connectivity index (χ0v) is 8.48. The van der Waals surface area contributed by atoms with Gasteiger partial charge in [-0.1, -0.05) is 17.7 Å². The fourth-order valence-corrected chi connectivity index (χ4v) is 1.46. The lowest BCUT2D eigenvalue weighted by molar-refractivity contribution is 0.112. The summed E-state index contributed by atoms with van der Waals surface area (Å²) in [6, 6.07) is 5.16. The van der Waals surface area contributed by atoms with Crippen LogP contribution in [0.2, 0.25) is 5.02 Å². The lowest BCUT2D eigenvalue weighted by Gasteiger charge is -2.01. The van der Waals surface area contributed by atoms with Gasteiger partial charge in [-0.3, -0.25) is 14.8 Å². The van der Waals surface area contributed by atoms with Crippen LogP contribution in [0.25, 0.3) is 11.3 Å². The Hall–Kier alpha value is -1.74. The van der Waals surface area contributed by atoms with E-state index >= 15 is 0 Å². The molecular weight excluding hydrogens is 212 g/mol. The van der Waals surface area contributed by atoms with Crippen LogP contribution in [-0.2, 0) is 0 Å². The van der Waals surface area contributed by atoms with Crippen molar-refractivity contribution in [1.29, 1.82) is 0 Å². The number of hydrogen-bond donors (Lipinski definition) is 0. The topological polar surface area (TPSA) is 42.9 Å². The van der Waals surface area contributed by atoms with Crippen LogP contribution in [-0.4, -0.2) is 16.3 Å². The van der Waals surface area contributed by atoms with E-state index in [0.29, 0.717) is 10.6 Å². The van der Waals surface area contributed by atoms with Gasteiger partial charge in [-0.25, -0.2) is 0 Å². The number of carbonyl (C=O) groups is 1. The lowest BCUT2D eigenvalue weighted by atomic mass is 10.1. The second-order valence-corrected chi connectivity index (χ2v) is 3.35. The van der Waals surface area contributed by atoms with E-state index in [1.54, 1.807) is 36.8 Å². The van der Waals surface area contributed by atoms with E-state index in [9.17, 15) is 4.79 Å². The number of benzene rings is 1. The Labute approximate surface area is 91.8 Å². The first-order valence-electron chi connectivity index (χ1n) is 4.32. The van der Waals surface area contributed by atoms with Gasteiger partial charge in [0.15, 0.2) is 6.29 Å². The van der Waals surface area contributed by atoms with Crippen LogP contribution in [0, 0.1) is 0 Å². The molecular formula is C11H7ClN2O. The smallest absolute Gasteiger partial charge is 0.151 e. The molecule has 0 saturated heterocycles. The van der Waals surface area contributed by atoms with E-state index in [0.717, 1.165) is 17.5 Å². The summed E-state index contributed by atoms with van der Waals surface area (Å²) in [5.74, 6) is 0. The number of carbonyl (C=O) groups excluding carboxylic acids is 1. The molecule has 0 saturated carbocycles. The first-order valence-corrected chi connectivity index (χ1v) is 4.70. The molecule has 0 unspecified atom stereocenters. The van der Waals surface area contributed by atoms with Crippen molar-refractivity contribution in [2.75, 3.05) is 0 Å². The van der Waals surface area contributed by atoms with Crippen molar-refractivity contribution in [3.63, 3.8) is 0 Å². The van der Waals surface area contributed by atoms with E-state index in [1.165, 1.54) is 0 Å². The van der Waals surface area contributed by atoms with Crippen LogP contribution in [0.3, 0.4) is 0 Å². The van der Waals surface area contributed by atoms with Crippen molar-refractivity contribution in [3.05, 3.63) is 47.4 Å². The Morgan fingerprint density at radius 2 is 2.13 bits per heavy atom. The Balaban J connectivity index is 2.47. The summed E-state index contributed by atoms with van der Waals surface area (Å²) in [6.45, 7) is 0. The van der Waals surface area contributed by atoms with Crippen molar-refractivity contribution >= 4 is 17.9 Å². The van der Waals surface area contributed by atoms with Gasteiger partial charge in [-0.15, -0.1) is 0 Å². The highest BCUT2D eigenvalue weighted by Gasteiger charge is 2.03. The van der Waals surface area contributed by atoms with Crippen LogP contribution < -0.4 is 0 Å². The van der Waals surface area contributed by atoms with Crippen LogP contribution in [0.15, 0.2) is 36.8 Å². The second kappa shape index (κ2) is 4.19. The normalized spacial score (nSPS) is 9.93. The number of rotatable bonds is 2. The number of nitrogens with zero attached hydrogens (tertiary/aromatic N) is 2. The molecule has 0 N–H and O–H groups in total. The molecule has 0 radical (unpaired) electrons. The fourth-order valence-electron chi connectivity index (χ4n) is 1.23. The number of aldehydes is 1. The largest absolute Gasteiger partial charge is 0.298 e. The minimum atomic E-state index is 0.424. The average molecular weight is 219 g/mol. The molecule has 0 spiro atoms. The molecule has 1 aromatic carbocycles. The van der Waals surface area contributed by atoms with Crippen LogP contribution >= 0.6 is 11.6 Å². The van der Waals surface area contributed by atoms with E-state index in [2.05, 4.69) is 9.97 Å². The first kappa shape index (κ1) is 9.80. The Kier molecular flexibility index (Phi) is 2.74. The van der Waals surface area contributed by atoms with Gasteiger partial charge in [0.2, 0.25) is 0 Å². The minimum Gasteiger partial charge on any atom is -0.298 e. The molecule has 0 fully saturated rings. The van der Waals surface area contributed by atoms with Crippen molar-refractivity contribution < 1.29 is 4.79 Å². The van der Waals surface area contributed by atoms with E-state index in [4.69, 9.17) is 11.6 Å². The SMILES string of the molecule is O=Cc1ccc(-c2cnccn2)cc1Cl. The average Bonchev–Trinajstić information content (AvgIpc) is 2.30. The Morgan fingerprint density at radius 3 is 2.73 bits per heavy atom. The van der Waals surface area contributed by atoms with Gasteiger partial charge in [0, 0.05) is 23.5 Å².